The third-order valence-electron chi connectivity index (χ3n) is 6.15. The highest BCUT2D eigenvalue weighted by molar-refractivity contribution is 7.10. The molecule has 1 saturated carbocycles. The van der Waals surface area contributed by atoms with Gasteiger partial charge in [-0.05, 0) is 75.2 Å². The molecule has 2 unspecified atom stereocenters. The fourth-order valence-electron chi connectivity index (χ4n) is 4.70. The van der Waals surface area contributed by atoms with E-state index in [1.807, 2.05) is 20.8 Å². The molecular formula is C22H27FN6OS. The van der Waals surface area contributed by atoms with Gasteiger partial charge < -0.3 is 15.0 Å². The van der Waals surface area contributed by atoms with Crippen LogP contribution in [0.3, 0.4) is 0 Å². The first-order valence-electron chi connectivity index (χ1n) is 10.8. The van der Waals surface area contributed by atoms with E-state index in [4.69, 9.17) is 4.74 Å². The molecule has 0 spiro atoms. The minimum Gasteiger partial charge on any atom is -0.424 e. The second kappa shape index (κ2) is 8.11. The monoisotopic (exact) mass is 442 g/mol. The summed E-state index contributed by atoms with van der Waals surface area (Å²) in [5.74, 6) is 1.73. The maximum Gasteiger partial charge on any atom is 0.322 e. The van der Waals surface area contributed by atoms with E-state index < -0.39 is 0 Å². The third-order valence-corrected chi connectivity index (χ3v) is 7.09. The van der Waals surface area contributed by atoms with Crippen LogP contribution in [-0.4, -0.2) is 38.3 Å². The van der Waals surface area contributed by atoms with E-state index in [-0.39, 0.29) is 11.9 Å². The van der Waals surface area contributed by atoms with Crippen LogP contribution in [0, 0.1) is 24.6 Å². The van der Waals surface area contributed by atoms with Crippen molar-refractivity contribution < 1.29 is 9.13 Å². The Kier molecular flexibility index (Phi) is 5.29. The van der Waals surface area contributed by atoms with Gasteiger partial charge in [0.05, 0.1) is 11.7 Å². The number of anilines is 2. The Bertz CT molecular complexity index is 1050. The topological polar surface area (TPSA) is 68.1 Å². The van der Waals surface area contributed by atoms with Crippen molar-refractivity contribution in [3.05, 3.63) is 41.8 Å². The maximum atomic E-state index is 13.5. The van der Waals surface area contributed by atoms with E-state index in [1.165, 1.54) is 30.0 Å². The highest BCUT2D eigenvalue weighted by Gasteiger charge is 2.43. The van der Waals surface area contributed by atoms with Crippen LogP contribution in [0.4, 0.5) is 15.3 Å². The number of nitrogens with zero attached hydrogens (tertiary/aromatic N) is 5. The van der Waals surface area contributed by atoms with E-state index in [2.05, 4.69) is 30.7 Å². The standard InChI is InChI=1S/C22H27FN6OS/c1-13(2)29-22(30-18-6-4-5-17(23)10-18)25-21(26-29)24-20-15-7-8-16(20)12-28(11-15)19-9-14(3)27-31-19/h4-6,9-10,13,15-16,20H,7-8,11-12H2,1-3H3,(H,24,26). The van der Waals surface area contributed by atoms with Crippen molar-refractivity contribution in [1.82, 2.24) is 19.1 Å². The number of aryl methyl sites for hydroxylation is 1. The number of nitrogens with one attached hydrogen (secondary N) is 1. The molecule has 7 nitrogen and oxygen atoms in total. The SMILES string of the molecule is Cc1cc(N2CC3CCC(C2)C3Nc2nc(Oc3cccc(F)c3)n(C(C)C)n2)sn1. The molecule has 3 aromatic rings. The second-order valence-corrected chi connectivity index (χ2v) is 9.58. The lowest BCUT2D eigenvalue weighted by Crippen LogP contribution is -2.48. The number of benzene rings is 1. The molecule has 2 atom stereocenters. The van der Waals surface area contributed by atoms with Crippen molar-refractivity contribution in [2.24, 2.45) is 11.8 Å². The molecule has 2 bridgehead atoms. The van der Waals surface area contributed by atoms with Crippen LogP contribution in [0.15, 0.2) is 30.3 Å². The van der Waals surface area contributed by atoms with Crippen molar-refractivity contribution in [1.29, 1.82) is 0 Å². The fourth-order valence-corrected chi connectivity index (χ4v) is 5.48. The van der Waals surface area contributed by atoms with Crippen molar-refractivity contribution in [3.63, 3.8) is 0 Å². The van der Waals surface area contributed by atoms with E-state index in [9.17, 15) is 4.39 Å². The summed E-state index contributed by atoms with van der Waals surface area (Å²) >= 11 is 1.59. The van der Waals surface area contributed by atoms with Crippen LogP contribution < -0.4 is 15.0 Å². The summed E-state index contributed by atoms with van der Waals surface area (Å²) in [5, 5.41) is 9.52. The van der Waals surface area contributed by atoms with Gasteiger partial charge in [0, 0.05) is 25.2 Å². The predicted molar refractivity (Wildman–Crippen MR) is 120 cm³/mol. The lowest BCUT2D eigenvalue weighted by molar-refractivity contribution is 0.374. The maximum absolute atomic E-state index is 13.5. The van der Waals surface area contributed by atoms with Crippen molar-refractivity contribution >= 4 is 22.5 Å². The quantitative estimate of drug-likeness (QED) is 0.587. The summed E-state index contributed by atoms with van der Waals surface area (Å²) in [5.41, 5.74) is 1.09. The first-order chi connectivity index (χ1) is 15.0. The summed E-state index contributed by atoms with van der Waals surface area (Å²) in [6.07, 6.45) is 2.41. The van der Waals surface area contributed by atoms with Gasteiger partial charge in [-0.15, -0.1) is 5.10 Å². The fraction of sp³-hybridized carbons (Fsp3) is 0.500. The van der Waals surface area contributed by atoms with Crippen LogP contribution in [0.2, 0.25) is 0 Å². The average Bonchev–Trinajstić information content (AvgIpc) is 3.39. The number of piperidine rings is 1. The molecule has 1 N–H and O–H groups in total. The van der Waals surface area contributed by atoms with Gasteiger partial charge in [0.25, 0.3) is 0 Å². The molecule has 1 aliphatic heterocycles. The van der Waals surface area contributed by atoms with Gasteiger partial charge in [-0.3, -0.25) is 0 Å². The summed E-state index contributed by atoms with van der Waals surface area (Å²) < 4.78 is 25.6. The van der Waals surface area contributed by atoms with E-state index in [1.54, 1.807) is 28.3 Å². The number of hydrogen-bond donors (Lipinski definition) is 1. The summed E-state index contributed by atoms with van der Waals surface area (Å²) in [7, 11) is 0. The van der Waals surface area contributed by atoms with E-state index in [0.717, 1.165) is 18.8 Å². The predicted octanol–water partition coefficient (Wildman–Crippen LogP) is 4.88. The van der Waals surface area contributed by atoms with Gasteiger partial charge in [0.15, 0.2) is 0 Å². The Hall–Kier alpha value is -2.68. The van der Waals surface area contributed by atoms with Gasteiger partial charge in [-0.2, -0.15) is 9.36 Å². The second-order valence-electron chi connectivity index (χ2n) is 8.79. The smallest absolute Gasteiger partial charge is 0.322 e. The lowest BCUT2D eigenvalue weighted by atomic mass is 9.92. The molecule has 2 aromatic heterocycles. The number of ether oxygens (including phenoxy) is 1. The van der Waals surface area contributed by atoms with Crippen LogP contribution in [0.1, 0.15) is 38.4 Å². The van der Waals surface area contributed by atoms with Crippen LogP contribution in [-0.2, 0) is 0 Å². The number of fused-ring (bicyclic) bond motifs is 2. The first-order valence-corrected chi connectivity index (χ1v) is 11.6. The Morgan fingerprint density at radius 3 is 2.61 bits per heavy atom. The zero-order valence-corrected chi connectivity index (χ0v) is 18.8. The highest BCUT2D eigenvalue weighted by Crippen LogP contribution is 2.41. The normalized spacial score (nSPS) is 22.9. The van der Waals surface area contributed by atoms with Gasteiger partial charge >= 0.3 is 6.01 Å². The molecule has 0 radical (unpaired) electrons. The number of aromatic nitrogens is 4. The zero-order valence-electron chi connectivity index (χ0n) is 18.0. The van der Waals surface area contributed by atoms with E-state index in [0.29, 0.717) is 35.6 Å². The van der Waals surface area contributed by atoms with Gasteiger partial charge in [-0.25, -0.2) is 9.07 Å². The van der Waals surface area contributed by atoms with Gasteiger partial charge in [-0.1, -0.05) is 6.07 Å². The molecule has 164 valence electrons. The first kappa shape index (κ1) is 20.2. The molecule has 3 heterocycles. The Balaban J connectivity index is 1.32. The van der Waals surface area contributed by atoms with Gasteiger partial charge in [0.2, 0.25) is 5.95 Å². The highest BCUT2D eigenvalue weighted by atomic mass is 32.1. The number of hydrogen-bond acceptors (Lipinski definition) is 7. The van der Waals surface area contributed by atoms with E-state index >= 15 is 0 Å². The lowest BCUT2D eigenvalue weighted by Gasteiger charge is -2.38. The average molecular weight is 443 g/mol. The van der Waals surface area contributed by atoms with Crippen LogP contribution in [0.5, 0.6) is 11.8 Å². The molecule has 1 aromatic carbocycles. The van der Waals surface area contributed by atoms with Crippen LogP contribution in [0.25, 0.3) is 0 Å². The van der Waals surface area contributed by atoms with Crippen LogP contribution >= 0.6 is 11.5 Å². The van der Waals surface area contributed by atoms with Crippen molar-refractivity contribution in [2.45, 2.75) is 45.7 Å². The summed E-state index contributed by atoms with van der Waals surface area (Å²) in [6, 6.07) is 9.04. The molecule has 5 rings (SSSR count). The number of rotatable bonds is 6. The zero-order chi connectivity index (χ0) is 21.5. The Morgan fingerprint density at radius 1 is 1.19 bits per heavy atom. The third kappa shape index (κ3) is 4.11. The van der Waals surface area contributed by atoms with Crippen molar-refractivity contribution in [3.8, 4) is 11.8 Å². The van der Waals surface area contributed by atoms with Gasteiger partial charge in [0.1, 0.15) is 16.6 Å². The number of halogens is 1. The Morgan fingerprint density at radius 2 is 1.97 bits per heavy atom. The molecule has 9 heteroatoms. The minimum absolute atomic E-state index is 0.0692. The largest absolute Gasteiger partial charge is 0.424 e. The Labute approximate surface area is 185 Å². The van der Waals surface area contributed by atoms with Crippen molar-refractivity contribution in [2.75, 3.05) is 23.3 Å². The molecule has 0 amide bonds. The molecule has 1 aliphatic carbocycles. The molecule has 2 aliphatic rings. The molecular weight excluding hydrogens is 415 g/mol. The molecule has 31 heavy (non-hydrogen) atoms. The summed E-state index contributed by atoms with van der Waals surface area (Å²) in [4.78, 5) is 7.08. The minimum atomic E-state index is -0.342. The summed E-state index contributed by atoms with van der Waals surface area (Å²) in [6.45, 7) is 8.13. The molecule has 1 saturated heterocycles. The molecule has 2 fully saturated rings.